The van der Waals surface area contributed by atoms with Crippen LogP contribution in [0.1, 0.15) is 51.4 Å². The molecule has 6 heteroatoms. The second-order valence-electron chi connectivity index (χ2n) is 5.14. The van der Waals surface area contributed by atoms with Gasteiger partial charge in [0.2, 0.25) is 5.89 Å². The van der Waals surface area contributed by atoms with E-state index in [-0.39, 0.29) is 17.9 Å². The molecule has 0 spiro atoms. The van der Waals surface area contributed by atoms with E-state index in [1.54, 1.807) is 0 Å². The number of carbonyl (C=O) groups is 1. The molecule has 0 amide bonds. The van der Waals surface area contributed by atoms with Crippen molar-refractivity contribution in [1.82, 2.24) is 15.0 Å². The van der Waals surface area contributed by atoms with E-state index in [0.29, 0.717) is 12.5 Å². The van der Waals surface area contributed by atoms with Gasteiger partial charge in [-0.15, -0.1) is 0 Å². The molecule has 1 aliphatic heterocycles. The van der Waals surface area contributed by atoms with Gasteiger partial charge in [-0.3, -0.25) is 9.69 Å². The lowest BCUT2D eigenvalue weighted by molar-refractivity contribution is -0.149. The minimum Gasteiger partial charge on any atom is -0.466 e. The molecule has 2 rings (SSSR count). The summed E-state index contributed by atoms with van der Waals surface area (Å²) in [5.74, 6) is 1.38. The third-order valence-corrected chi connectivity index (χ3v) is 3.85. The second-order valence-corrected chi connectivity index (χ2v) is 5.14. The summed E-state index contributed by atoms with van der Waals surface area (Å²) in [6.07, 6.45) is 2.44. The van der Waals surface area contributed by atoms with Crippen molar-refractivity contribution in [2.24, 2.45) is 5.92 Å². The molecular weight excluding hydrogens is 258 g/mol. The first-order valence-corrected chi connectivity index (χ1v) is 7.38. The Morgan fingerprint density at radius 2 is 2.15 bits per heavy atom. The van der Waals surface area contributed by atoms with Crippen LogP contribution in [0.2, 0.25) is 0 Å². The Kier molecular flexibility index (Phi) is 5.11. The number of rotatable bonds is 5. The van der Waals surface area contributed by atoms with Gasteiger partial charge in [-0.05, 0) is 39.8 Å². The predicted molar refractivity (Wildman–Crippen MR) is 73.0 cm³/mol. The minimum atomic E-state index is -0.0640. The summed E-state index contributed by atoms with van der Waals surface area (Å²) in [5, 5.41) is 3.93. The molecular formula is C14H23N3O3. The fourth-order valence-corrected chi connectivity index (χ4v) is 2.52. The van der Waals surface area contributed by atoms with Gasteiger partial charge in [0.05, 0.1) is 18.6 Å². The Morgan fingerprint density at radius 1 is 1.45 bits per heavy atom. The van der Waals surface area contributed by atoms with Crippen molar-refractivity contribution in [3.05, 3.63) is 11.7 Å². The summed E-state index contributed by atoms with van der Waals surface area (Å²) < 4.78 is 10.4. The number of aryl methyl sites for hydroxylation is 1. The van der Waals surface area contributed by atoms with Crippen LogP contribution < -0.4 is 0 Å². The lowest BCUT2D eigenvalue weighted by Gasteiger charge is -2.33. The van der Waals surface area contributed by atoms with Crippen molar-refractivity contribution in [2.45, 2.75) is 46.1 Å². The van der Waals surface area contributed by atoms with E-state index in [4.69, 9.17) is 9.26 Å². The molecule has 0 aliphatic carbocycles. The van der Waals surface area contributed by atoms with E-state index in [0.717, 1.165) is 38.2 Å². The Morgan fingerprint density at radius 3 is 2.70 bits per heavy atom. The molecule has 6 nitrogen and oxygen atoms in total. The SMILES string of the molecule is CCOC(=O)C1CCN([C@H](C)c2nc(CC)no2)CC1. The molecule has 1 saturated heterocycles. The molecule has 1 aliphatic rings. The van der Waals surface area contributed by atoms with Gasteiger partial charge in [-0.2, -0.15) is 4.98 Å². The van der Waals surface area contributed by atoms with E-state index in [9.17, 15) is 4.79 Å². The Balaban J connectivity index is 1.88. The molecule has 0 unspecified atom stereocenters. The average molecular weight is 281 g/mol. The zero-order valence-corrected chi connectivity index (χ0v) is 12.5. The molecule has 1 fully saturated rings. The Hall–Kier alpha value is -1.43. The number of nitrogens with zero attached hydrogens (tertiary/aromatic N) is 3. The summed E-state index contributed by atoms with van der Waals surface area (Å²) in [4.78, 5) is 18.4. The number of likely N-dealkylation sites (tertiary alicyclic amines) is 1. The van der Waals surface area contributed by atoms with Crippen LogP contribution in [0.3, 0.4) is 0 Å². The highest BCUT2D eigenvalue weighted by molar-refractivity contribution is 5.72. The first kappa shape index (κ1) is 15.0. The van der Waals surface area contributed by atoms with Gasteiger partial charge in [0.25, 0.3) is 0 Å². The Bertz CT molecular complexity index is 439. The normalized spacial score (nSPS) is 18.9. The largest absolute Gasteiger partial charge is 0.466 e. The zero-order valence-electron chi connectivity index (χ0n) is 12.5. The number of hydrogen-bond donors (Lipinski definition) is 0. The number of esters is 1. The van der Waals surface area contributed by atoms with Gasteiger partial charge in [-0.1, -0.05) is 12.1 Å². The van der Waals surface area contributed by atoms with Crippen molar-refractivity contribution < 1.29 is 14.1 Å². The zero-order chi connectivity index (χ0) is 14.5. The highest BCUT2D eigenvalue weighted by Crippen LogP contribution is 2.26. The van der Waals surface area contributed by atoms with Crippen LogP contribution in [0.15, 0.2) is 4.52 Å². The monoisotopic (exact) mass is 281 g/mol. The molecule has 0 saturated carbocycles. The van der Waals surface area contributed by atoms with Gasteiger partial charge in [0.1, 0.15) is 0 Å². The predicted octanol–water partition coefficient (Wildman–Crippen LogP) is 1.97. The molecule has 112 valence electrons. The van der Waals surface area contributed by atoms with Crippen LogP contribution in [-0.2, 0) is 16.0 Å². The third kappa shape index (κ3) is 3.36. The van der Waals surface area contributed by atoms with Crippen LogP contribution in [0, 0.1) is 5.92 Å². The summed E-state index contributed by atoms with van der Waals surface area (Å²) in [5.41, 5.74) is 0. The van der Waals surface area contributed by atoms with Gasteiger partial charge in [0.15, 0.2) is 5.82 Å². The summed E-state index contributed by atoms with van der Waals surface area (Å²) >= 11 is 0. The number of carbonyl (C=O) groups excluding carboxylic acids is 1. The fraction of sp³-hybridized carbons (Fsp3) is 0.786. The first-order valence-electron chi connectivity index (χ1n) is 7.38. The molecule has 0 bridgehead atoms. The summed E-state index contributed by atoms with van der Waals surface area (Å²) in [7, 11) is 0. The lowest BCUT2D eigenvalue weighted by atomic mass is 9.96. The fourth-order valence-electron chi connectivity index (χ4n) is 2.52. The molecule has 0 aromatic carbocycles. The molecule has 0 radical (unpaired) electrons. The van der Waals surface area contributed by atoms with E-state index < -0.39 is 0 Å². The first-order chi connectivity index (χ1) is 9.65. The third-order valence-electron chi connectivity index (χ3n) is 3.85. The maximum absolute atomic E-state index is 11.7. The summed E-state index contributed by atoms with van der Waals surface area (Å²) in [6, 6.07) is 0.103. The summed E-state index contributed by atoms with van der Waals surface area (Å²) in [6.45, 7) is 8.08. The van der Waals surface area contributed by atoms with Crippen molar-refractivity contribution in [3.63, 3.8) is 0 Å². The van der Waals surface area contributed by atoms with E-state index in [2.05, 4.69) is 22.0 Å². The number of aromatic nitrogens is 2. The van der Waals surface area contributed by atoms with Gasteiger partial charge in [-0.25, -0.2) is 0 Å². The molecule has 2 heterocycles. The smallest absolute Gasteiger partial charge is 0.309 e. The maximum atomic E-state index is 11.7. The standard InChI is InChI=1S/C14H23N3O3/c1-4-12-15-13(20-16-12)10(3)17-8-6-11(7-9-17)14(18)19-5-2/h10-11H,4-9H2,1-3H3/t10-/m1/s1. The van der Waals surface area contributed by atoms with E-state index in [1.807, 2.05) is 13.8 Å². The average Bonchev–Trinajstić information content (AvgIpc) is 2.96. The molecule has 1 aromatic rings. The lowest BCUT2D eigenvalue weighted by Crippen LogP contribution is -2.38. The highest BCUT2D eigenvalue weighted by atomic mass is 16.5. The number of ether oxygens (including phenoxy) is 1. The molecule has 20 heavy (non-hydrogen) atoms. The molecule has 1 atom stereocenters. The van der Waals surface area contributed by atoms with Crippen molar-refractivity contribution in [3.8, 4) is 0 Å². The quantitative estimate of drug-likeness (QED) is 0.769. The maximum Gasteiger partial charge on any atom is 0.309 e. The van der Waals surface area contributed by atoms with Crippen LogP contribution in [-0.4, -0.2) is 40.7 Å². The van der Waals surface area contributed by atoms with Gasteiger partial charge < -0.3 is 9.26 Å². The van der Waals surface area contributed by atoms with Gasteiger partial charge in [0, 0.05) is 6.42 Å². The second kappa shape index (κ2) is 6.83. The van der Waals surface area contributed by atoms with E-state index in [1.165, 1.54) is 0 Å². The van der Waals surface area contributed by atoms with Crippen LogP contribution in [0.5, 0.6) is 0 Å². The molecule has 1 aromatic heterocycles. The molecule has 0 N–H and O–H groups in total. The minimum absolute atomic E-state index is 0.0345. The number of piperidine rings is 1. The van der Waals surface area contributed by atoms with Crippen molar-refractivity contribution in [1.29, 1.82) is 0 Å². The van der Waals surface area contributed by atoms with Gasteiger partial charge >= 0.3 is 5.97 Å². The van der Waals surface area contributed by atoms with Crippen LogP contribution >= 0.6 is 0 Å². The van der Waals surface area contributed by atoms with Crippen molar-refractivity contribution in [2.75, 3.05) is 19.7 Å². The van der Waals surface area contributed by atoms with E-state index >= 15 is 0 Å². The topological polar surface area (TPSA) is 68.5 Å². The van der Waals surface area contributed by atoms with Crippen molar-refractivity contribution >= 4 is 5.97 Å². The van der Waals surface area contributed by atoms with Crippen LogP contribution in [0.25, 0.3) is 0 Å². The number of hydrogen-bond acceptors (Lipinski definition) is 6. The Labute approximate surface area is 119 Å². The van der Waals surface area contributed by atoms with Crippen LogP contribution in [0.4, 0.5) is 0 Å². The highest BCUT2D eigenvalue weighted by Gasteiger charge is 2.30.